The maximum absolute atomic E-state index is 12.2. The van der Waals surface area contributed by atoms with Crippen LogP contribution in [0.3, 0.4) is 0 Å². The molecule has 1 aliphatic rings. The highest BCUT2D eigenvalue weighted by molar-refractivity contribution is 7.99. The van der Waals surface area contributed by atoms with Crippen LogP contribution in [0.15, 0.2) is 54.6 Å². The second kappa shape index (κ2) is 10.9. The number of amides is 1. The number of benzene rings is 2. The van der Waals surface area contributed by atoms with Gasteiger partial charge in [-0.15, -0.1) is 0 Å². The van der Waals surface area contributed by atoms with Gasteiger partial charge in [-0.05, 0) is 67.3 Å². The van der Waals surface area contributed by atoms with Crippen LogP contribution in [0.4, 0.5) is 0 Å². The van der Waals surface area contributed by atoms with E-state index in [-0.39, 0.29) is 5.91 Å². The zero-order chi connectivity index (χ0) is 19.8. The van der Waals surface area contributed by atoms with Gasteiger partial charge in [0.1, 0.15) is 0 Å². The lowest BCUT2D eigenvalue weighted by atomic mass is 9.81. The summed E-state index contributed by atoms with van der Waals surface area (Å²) in [5.74, 6) is 2.77. The van der Waals surface area contributed by atoms with E-state index in [1.54, 1.807) is 11.8 Å². The van der Waals surface area contributed by atoms with Crippen molar-refractivity contribution in [2.75, 3.05) is 38.2 Å². The van der Waals surface area contributed by atoms with Crippen LogP contribution < -0.4 is 5.32 Å². The number of rotatable bonds is 8. The lowest BCUT2D eigenvalue weighted by Crippen LogP contribution is -2.38. The summed E-state index contributed by atoms with van der Waals surface area (Å²) < 4.78 is 0. The second-order valence-corrected chi connectivity index (χ2v) is 9.04. The van der Waals surface area contributed by atoms with Gasteiger partial charge in [-0.25, -0.2) is 0 Å². The molecule has 1 N–H and O–H groups in total. The summed E-state index contributed by atoms with van der Waals surface area (Å²) in [7, 11) is 2.19. The lowest BCUT2D eigenvalue weighted by molar-refractivity contribution is -0.118. The maximum atomic E-state index is 12.2. The largest absolute Gasteiger partial charge is 0.355 e. The number of thioether (sulfide) groups is 1. The van der Waals surface area contributed by atoms with Crippen LogP contribution in [0.25, 0.3) is 0 Å². The summed E-state index contributed by atoms with van der Waals surface area (Å²) in [5, 5.41) is 3.83. The fraction of sp³-hybridized carbons (Fsp3) is 0.435. The number of piperidine rings is 1. The molecule has 0 unspecified atom stereocenters. The van der Waals surface area contributed by atoms with Gasteiger partial charge in [0.05, 0.1) is 5.75 Å². The maximum Gasteiger partial charge on any atom is 0.230 e. The number of halogens is 1. The molecule has 2 aromatic rings. The SMILES string of the molecule is CN1CC[C@H](c2ccc(Cl)cc2)[C@H](CSCC(=O)NCCc2ccccc2)C1. The quantitative estimate of drug-likeness (QED) is 0.689. The minimum atomic E-state index is 0.133. The molecule has 150 valence electrons. The molecule has 0 aliphatic carbocycles. The average molecular weight is 417 g/mol. The molecule has 0 saturated carbocycles. The van der Waals surface area contributed by atoms with Crippen molar-refractivity contribution in [2.24, 2.45) is 5.92 Å². The molecule has 0 aromatic heterocycles. The minimum Gasteiger partial charge on any atom is -0.355 e. The van der Waals surface area contributed by atoms with E-state index in [1.807, 2.05) is 30.3 Å². The number of likely N-dealkylation sites (tertiary alicyclic amines) is 1. The molecule has 5 heteroatoms. The molecular weight excluding hydrogens is 388 g/mol. The Labute approximate surface area is 177 Å². The summed E-state index contributed by atoms with van der Waals surface area (Å²) in [6, 6.07) is 18.6. The topological polar surface area (TPSA) is 32.3 Å². The zero-order valence-electron chi connectivity index (χ0n) is 16.4. The predicted octanol–water partition coefficient (Wildman–Crippen LogP) is 4.47. The van der Waals surface area contributed by atoms with Gasteiger partial charge >= 0.3 is 0 Å². The highest BCUT2D eigenvalue weighted by Gasteiger charge is 2.28. The van der Waals surface area contributed by atoms with Crippen LogP contribution in [0.2, 0.25) is 5.02 Å². The first-order valence-corrected chi connectivity index (χ1v) is 11.5. The Balaban J connectivity index is 1.43. The van der Waals surface area contributed by atoms with Gasteiger partial charge in [-0.1, -0.05) is 54.1 Å². The molecule has 1 amide bonds. The van der Waals surface area contributed by atoms with E-state index < -0.39 is 0 Å². The van der Waals surface area contributed by atoms with E-state index >= 15 is 0 Å². The van der Waals surface area contributed by atoms with E-state index in [2.05, 4.69) is 41.5 Å². The van der Waals surface area contributed by atoms with Crippen LogP contribution in [0.1, 0.15) is 23.5 Å². The monoisotopic (exact) mass is 416 g/mol. The third kappa shape index (κ3) is 6.54. The molecular formula is C23H29ClN2OS. The number of carbonyl (C=O) groups is 1. The predicted molar refractivity (Wildman–Crippen MR) is 120 cm³/mol. The first-order chi connectivity index (χ1) is 13.6. The fourth-order valence-corrected chi connectivity index (χ4v) is 5.05. The van der Waals surface area contributed by atoms with Crippen LogP contribution in [-0.2, 0) is 11.2 Å². The summed E-state index contributed by atoms with van der Waals surface area (Å²) in [4.78, 5) is 14.6. The third-order valence-electron chi connectivity index (χ3n) is 5.38. The van der Waals surface area contributed by atoms with Gasteiger partial charge in [0.25, 0.3) is 0 Å². The van der Waals surface area contributed by atoms with E-state index in [0.717, 1.165) is 36.7 Å². The smallest absolute Gasteiger partial charge is 0.230 e. The Bertz CT molecular complexity index is 738. The number of hydrogen-bond acceptors (Lipinski definition) is 3. The van der Waals surface area contributed by atoms with Crippen molar-refractivity contribution < 1.29 is 4.79 Å². The summed E-state index contributed by atoms with van der Waals surface area (Å²) in [5.41, 5.74) is 2.63. The Morgan fingerprint density at radius 2 is 1.93 bits per heavy atom. The van der Waals surface area contributed by atoms with Crippen LogP contribution in [-0.4, -0.2) is 49.0 Å². The van der Waals surface area contributed by atoms with E-state index in [4.69, 9.17) is 11.6 Å². The number of carbonyl (C=O) groups excluding carboxylic acids is 1. The van der Waals surface area contributed by atoms with Crippen molar-refractivity contribution in [3.8, 4) is 0 Å². The molecule has 28 heavy (non-hydrogen) atoms. The Hall–Kier alpha value is -1.49. The average Bonchev–Trinajstić information content (AvgIpc) is 2.70. The molecule has 3 nitrogen and oxygen atoms in total. The first kappa shape index (κ1) is 21.2. The lowest BCUT2D eigenvalue weighted by Gasteiger charge is -2.37. The van der Waals surface area contributed by atoms with E-state index in [9.17, 15) is 4.79 Å². The van der Waals surface area contributed by atoms with Crippen molar-refractivity contribution in [1.82, 2.24) is 10.2 Å². The molecule has 3 rings (SSSR count). The molecule has 2 atom stereocenters. The second-order valence-electron chi connectivity index (χ2n) is 7.57. The van der Waals surface area contributed by atoms with Crippen LogP contribution in [0.5, 0.6) is 0 Å². The molecule has 0 bridgehead atoms. The van der Waals surface area contributed by atoms with Crippen molar-refractivity contribution in [3.05, 3.63) is 70.7 Å². The van der Waals surface area contributed by atoms with Crippen molar-refractivity contribution in [1.29, 1.82) is 0 Å². The molecule has 1 saturated heterocycles. The zero-order valence-corrected chi connectivity index (χ0v) is 18.0. The molecule has 1 aliphatic heterocycles. The number of nitrogens with one attached hydrogen (secondary N) is 1. The summed E-state index contributed by atoms with van der Waals surface area (Å²) >= 11 is 7.81. The molecule has 0 radical (unpaired) electrons. The van der Waals surface area contributed by atoms with E-state index in [0.29, 0.717) is 24.1 Å². The summed E-state index contributed by atoms with van der Waals surface area (Å²) in [6.07, 6.45) is 2.04. The van der Waals surface area contributed by atoms with Gasteiger partial charge in [-0.3, -0.25) is 4.79 Å². The number of nitrogens with zero attached hydrogens (tertiary/aromatic N) is 1. The fourth-order valence-electron chi connectivity index (χ4n) is 3.88. The molecule has 0 spiro atoms. The Morgan fingerprint density at radius 1 is 1.18 bits per heavy atom. The van der Waals surface area contributed by atoms with Gasteiger partial charge in [-0.2, -0.15) is 11.8 Å². The molecule has 2 aromatic carbocycles. The van der Waals surface area contributed by atoms with Crippen molar-refractivity contribution in [2.45, 2.75) is 18.8 Å². The highest BCUT2D eigenvalue weighted by Crippen LogP contribution is 2.35. The molecule has 1 heterocycles. The highest BCUT2D eigenvalue weighted by atomic mass is 35.5. The molecule has 1 fully saturated rings. The van der Waals surface area contributed by atoms with E-state index in [1.165, 1.54) is 11.1 Å². The standard InChI is InChI=1S/C23H29ClN2OS/c1-26-14-12-22(19-7-9-21(24)10-8-19)20(15-26)16-28-17-23(27)25-13-11-18-5-3-2-4-6-18/h2-10,20,22H,11-17H2,1H3,(H,25,27)/t20-,22+/m0/s1. The normalized spacial score (nSPS) is 20.1. The van der Waals surface area contributed by atoms with Crippen LogP contribution >= 0.6 is 23.4 Å². The Kier molecular flexibility index (Phi) is 8.26. The van der Waals surface area contributed by atoms with Crippen molar-refractivity contribution in [3.63, 3.8) is 0 Å². The van der Waals surface area contributed by atoms with Gasteiger partial charge in [0, 0.05) is 18.1 Å². The third-order valence-corrected chi connectivity index (χ3v) is 6.76. The summed E-state index contributed by atoms with van der Waals surface area (Å²) in [6.45, 7) is 2.90. The van der Waals surface area contributed by atoms with Crippen LogP contribution in [0, 0.1) is 5.92 Å². The first-order valence-electron chi connectivity index (χ1n) is 9.94. The Morgan fingerprint density at radius 3 is 2.68 bits per heavy atom. The van der Waals surface area contributed by atoms with Gasteiger partial charge in [0.15, 0.2) is 0 Å². The van der Waals surface area contributed by atoms with Crippen molar-refractivity contribution >= 4 is 29.3 Å². The van der Waals surface area contributed by atoms with Gasteiger partial charge < -0.3 is 10.2 Å². The van der Waals surface area contributed by atoms with Gasteiger partial charge in [0.2, 0.25) is 5.91 Å². The number of hydrogen-bond donors (Lipinski definition) is 1. The minimum absolute atomic E-state index is 0.133.